The molecule has 21 heavy (non-hydrogen) atoms. The van der Waals surface area contributed by atoms with Gasteiger partial charge in [0.05, 0.1) is 10.6 Å². The lowest BCUT2D eigenvalue weighted by Gasteiger charge is -2.13. The maximum atomic E-state index is 13.0. The van der Waals surface area contributed by atoms with Crippen LogP contribution in [-0.4, -0.2) is 37.7 Å². The van der Waals surface area contributed by atoms with Crippen molar-refractivity contribution in [2.75, 3.05) is 6.54 Å². The molecule has 2 heterocycles. The molecule has 0 bridgehead atoms. The molecule has 0 spiro atoms. The van der Waals surface area contributed by atoms with Gasteiger partial charge in [-0.2, -0.15) is 4.39 Å². The Morgan fingerprint density at radius 3 is 2.95 bits per heavy atom. The van der Waals surface area contributed by atoms with E-state index in [1.165, 1.54) is 23.1 Å². The van der Waals surface area contributed by atoms with E-state index in [-0.39, 0.29) is 18.9 Å². The summed E-state index contributed by atoms with van der Waals surface area (Å²) in [5, 5.41) is 8.60. The molecule has 1 saturated heterocycles. The number of nitrogens with zero attached hydrogens (tertiary/aromatic N) is 2. The van der Waals surface area contributed by atoms with Crippen LogP contribution in [0.4, 0.5) is 4.39 Å². The van der Waals surface area contributed by atoms with Crippen molar-refractivity contribution in [3.05, 3.63) is 34.7 Å². The van der Waals surface area contributed by atoms with Crippen LogP contribution in [0.3, 0.4) is 0 Å². The minimum Gasteiger partial charge on any atom is -0.481 e. The summed E-state index contributed by atoms with van der Waals surface area (Å²) in [7, 11) is 0. The second kappa shape index (κ2) is 6.77. The van der Waals surface area contributed by atoms with Crippen LogP contribution in [-0.2, 0) is 9.59 Å². The number of carboxylic acids is 1. The van der Waals surface area contributed by atoms with E-state index in [9.17, 15) is 14.0 Å². The zero-order chi connectivity index (χ0) is 15.4. The van der Waals surface area contributed by atoms with E-state index in [0.29, 0.717) is 21.3 Å². The van der Waals surface area contributed by atoms with Gasteiger partial charge in [-0.1, -0.05) is 30.0 Å². The third-order valence-electron chi connectivity index (χ3n) is 2.66. The fourth-order valence-corrected chi connectivity index (χ4v) is 3.01. The Labute approximate surface area is 129 Å². The van der Waals surface area contributed by atoms with Crippen molar-refractivity contribution in [3.8, 4) is 0 Å². The Bertz CT molecular complexity index is 634. The van der Waals surface area contributed by atoms with Crippen molar-refractivity contribution in [1.29, 1.82) is 0 Å². The first kappa shape index (κ1) is 15.6. The molecule has 0 saturated carbocycles. The Morgan fingerprint density at radius 2 is 2.29 bits per heavy atom. The number of halogens is 1. The van der Waals surface area contributed by atoms with Crippen LogP contribution >= 0.6 is 24.0 Å². The maximum Gasteiger partial charge on any atom is 0.303 e. The maximum absolute atomic E-state index is 13.0. The van der Waals surface area contributed by atoms with Crippen LogP contribution in [0, 0.1) is 5.95 Å². The quantitative estimate of drug-likeness (QED) is 0.508. The van der Waals surface area contributed by atoms with Gasteiger partial charge >= 0.3 is 5.97 Å². The van der Waals surface area contributed by atoms with Crippen LogP contribution < -0.4 is 0 Å². The van der Waals surface area contributed by atoms with Gasteiger partial charge in [0.1, 0.15) is 4.32 Å². The fraction of sp³-hybridized carbons (Fsp3) is 0.231. The first-order valence-electron chi connectivity index (χ1n) is 6.07. The van der Waals surface area contributed by atoms with Crippen molar-refractivity contribution in [1.82, 2.24) is 9.88 Å². The summed E-state index contributed by atoms with van der Waals surface area (Å²) in [6, 6.07) is 4.30. The van der Waals surface area contributed by atoms with Gasteiger partial charge in [0.25, 0.3) is 5.91 Å². The number of carbonyl (C=O) groups is 2. The first-order valence-corrected chi connectivity index (χ1v) is 7.29. The molecule has 1 fully saturated rings. The van der Waals surface area contributed by atoms with Gasteiger partial charge < -0.3 is 5.11 Å². The molecule has 1 N–H and O–H groups in total. The average molecular weight is 326 g/mol. The lowest BCUT2D eigenvalue weighted by molar-refractivity contribution is -0.137. The molecule has 5 nitrogen and oxygen atoms in total. The summed E-state index contributed by atoms with van der Waals surface area (Å²) in [6.07, 6.45) is 1.77. The van der Waals surface area contributed by atoms with Crippen LogP contribution in [0.25, 0.3) is 6.08 Å². The van der Waals surface area contributed by atoms with Crippen LogP contribution in [0.1, 0.15) is 18.5 Å². The predicted molar refractivity (Wildman–Crippen MR) is 80.9 cm³/mol. The van der Waals surface area contributed by atoms with E-state index in [0.717, 1.165) is 11.8 Å². The van der Waals surface area contributed by atoms with Gasteiger partial charge in [0.15, 0.2) is 0 Å². The number of hydrogen-bond donors (Lipinski definition) is 1. The Hall–Kier alpha value is -1.80. The summed E-state index contributed by atoms with van der Waals surface area (Å²) in [4.78, 5) is 28.0. The highest BCUT2D eigenvalue weighted by atomic mass is 32.2. The number of thiocarbonyl (C=S) groups is 1. The van der Waals surface area contributed by atoms with Gasteiger partial charge in [-0.15, -0.1) is 0 Å². The standard InChI is InChI=1S/C13H11FN2O3S2/c14-10-4-1-3-8(15-10)7-9-12(19)16(13(20)21-9)6-2-5-11(17)18/h1,3-4,7H,2,5-6H2,(H,17,18). The van der Waals surface area contributed by atoms with Crippen molar-refractivity contribution in [2.24, 2.45) is 0 Å². The fourth-order valence-electron chi connectivity index (χ4n) is 1.72. The molecule has 0 unspecified atom stereocenters. The van der Waals surface area contributed by atoms with E-state index in [1.807, 2.05) is 0 Å². The number of pyridine rings is 1. The molecule has 2 rings (SSSR count). The predicted octanol–water partition coefficient (Wildman–Crippen LogP) is 2.29. The number of thioether (sulfide) groups is 1. The van der Waals surface area contributed by atoms with Crippen molar-refractivity contribution >= 4 is 46.3 Å². The summed E-state index contributed by atoms with van der Waals surface area (Å²) < 4.78 is 13.4. The number of amides is 1. The van der Waals surface area contributed by atoms with Gasteiger partial charge in [0, 0.05) is 13.0 Å². The Kier molecular flexibility index (Phi) is 5.03. The second-order valence-electron chi connectivity index (χ2n) is 4.22. The molecule has 1 aromatic heterocycles. The van der Waals surface area contributed by atoms with Crippen molar-refractivity contribution < 1.29 is 19.1 Å². The molecular weight excluding hydrogens is 315 g/mol. The van der Waals surface area contributed by atoms with Gasteiger partial charge in [-0.3, -0.25) is 14.5 Å². The first-order chi connectivity index (χ1) is 9.97. The molecule has 1 aromatic rings. The highest BCUT2D eigenvalue weighted by molar-refractivity contribution is 8.26. The molecule has 0 atom stereocenters. The van der Waals surface area contributed by atoms with Crippen LogP contribution in [0.5, 0.6) is 0 Å². The number of carboxylic acid groups (broad SMARTS) is 1. The van der Waals surface area contributed by atoms with E-state index >= 15 is 0 Å². The molecule has 1 aliphatic heterocycles. The number of hydrogen-bond acceptors (Lipinski definition) is 5. The van der Waals surface area contributed by atoms with Gasteiger partial charge in [0.2, 0.25) is 5.95 Å². The summed E-state index contributed by atoms with van der Waals surface area (Å²) in [5.74, 6) is -1.85. The van der Waals surface area contributed by atoms with Crippen molar-refractivity contribution in [3.63, 3.8) is 0 Å². The number of aliphatic carboxylic acids is 1. The SMILES string of the molecule is O=C(O)CCCN1C(=O)C(=Cc2cccc(F)n2)SC1=S. The van der Waals surface area contributed by atoms with Crippen LogP contribution in [0.15, 0.2) is 23.1 Å². The number of rotatable bonds is 5. The Morgan fingerprint density at radius 1 is 1.52 bits per heavy atom. The molecule has 110 valence electrons. The van der Waals surface area contributed by atoms with Crippen LogP contribution in [0.2, 0.25) is 0 Å². The minimum atomic E-state index is -0.917. The number of aromatic nitrogens is 1. The normalized spacial score (nSPS) is 16.8. The molecule has 1 aliphatic rings. The molecular formula is C13H11FN2O3S2. The van der Waals surface area contributed by atoms with Crippen molar-refractivity contribution in [2.45, 2.75) is 12.8 Å². The van der Waals surface area contributed by atoms with E-state index in [2.05, 4.69) is 4.98 Å². The topological polar surface area (TPSA) is 70.5 Å². The number of carbonyl (C=O) groups excluding carboxylic acids is 1. The largest absolute Gasteiger partial charge is 0.481 e. The van der Waals surface area contributed by atoms with E-state index in [4.69, 9.17) is 17.3 Å². The van der Waals surface area contributed by atoms with Gasteiger partial charge in [-0.25, -0.2) is 4.98 Å². The zero-order valence-corrected chi connectivity index (χ0v) is 12.4. The highest BCUT2D eigenvalue weighted by Crippen LogP contribution is 2.32. The smallest absolute Gasteiger partial charge is 0.303 e. The molecule has 1 amide bonds. The lowest BCUT2D eigenvalue weighted by Crippen LogP contribution is -2.29. The minimum absolute atomic E-state index is 0.0262. The van der Waals surface area contributed by atoms with E-state index < -0.39 is 11.9 Å². The highest BCUT2D eigenvalue weighted by Gasteiger charge is 2.31. The summed E-state index contributed by atoms with van der Waals surface area (Å²) >= 11 is 6.20. The zero-order valence-electron chi connectivity index (χ0n) is 10.8. The molecule has 0 aliphatic carbocycles. The third-order valence-corrected chi connectivity index (χ3v) is 4.04. The van der Waals surface area contributed by atoms with E-state index in [1.54, 1.807) is 6.07 Å². The molecule has 0 aromatic carbocycles. The summed E-state index contributed by atoms with van der Waals surface area (Å²) in [6.45, 7) is 0.255. The summed E-state index contributed by atoms with van der Waals surface area (Å²) in [5.41, 5.74) is 0.334. The second-order valence-corrected chi connectivity index (χ2v) is 5.89. The third kappa shape index (κ3) is 4.08. The molecule has 8 heteroatoms. The lowest BCUT2D eigenvalue weighted by atomic mass is 10.3. The Balaban J connectivity index is 2.08. The average Bonchev–Trinajstić information content (AvgIpc) is 2.66. The monoisotopic (exact) mass is 326 g/mol. The molecule has 0 radical (unpaired) electrons. The van der Waals surface area contributed by atoms with Gasteiger partial charge in [-0.05, 0) is 24.6 Å².